The molecule has 5 nitrogen and oxygen atoms in total. The Kier molecular flexibility index (Phi) is 3.57. The van der Waals surface area contributed by atoms with Gasteiger partial charge in [-0.05, 0) is 5.41 Å². The van der Waals surface area contributed by atoms with Crippen LogP contribution in [0.5, 0.6) is 0 Å². The SMILES string of the molecule is CC(C)(C)C(CC(=O)O)N1CC(N)CC1=O. The zero-order valence-corrected chi connectivity index (χ0v) is 10.1. The van der Waals surface area contributed by atoms with E-state index in [0.717, 1.165) is 0 Å². The molecule has 1 rings (SSSR count). The molecule has 3 N–H and O–H groups in total. The molecule has 1 amide bonds. The van der Waals surface area contributed by atoms with E-state index in [-0.39, 0.29) is 29.8 Å². The number of amides is 1. The number of rotatable bonds is 3. The largest absolute Gasteiger partial charge is 0.481 e. The molecule has 1 fully saturated rings. The minimum atomic E-state index is -0.881. The third kappa shape index (κ3) is 2.95. The van der Waals surface area contributed by atoms with Crippen LogP contribution in [0.2, 0.25) is 0 Å². The van der Waals surface area contributed by atoms with Crippen LogP contribution in [0.4, 0.5) is 0 Å². The molecule has 0 radical (unpaired) electrons. The van der Waals surface area contributed by atoms with Gasteiger partial charge in [0.15, 0.2) is 0 Å². The Labute approximate surface area is 95.6 Å². The molecule has 1 aliphatic rings. The summed E-state index contributed by atoms with van der Waals surface area (Å²) in [6.45, 7) is 6.29. The first-order chi connectivity index (χ1) is 7.21. The minimum Gasteiger partial charge on any atom is -0.481 e. The molecule has 1 heterocycles. The molecule has 0 saturated carbocycles. The number of nitrogens with two attached hydrogens (primary N) is 1. The van der Waals surface area contributed by atoms with Gasteiger partial charge in [0.05, 0.1) is 6.42 Å². The van der Waals surface area contributed by atoms with Crippen LogP contribution >= 0.6 is 0 Å². The van der Waals surface area contributed by atoms with E-state index in [9.17, 15) is 9.59 Å². The Hall–Kier alpha value is -1.10. The molecule has 1 aliphatic heterocycles. The molecule has 0 aromatic rings. The third-order valence-electron chi connectivity index (χ3n) is 2.93. The molecule has 1 saturated heterocycles. The Balaban J connectivity index is 2.85. The lowest BCUT2D eigenvalue weighted by atomic mass is 9.83. The average Bonchev–Trinajstić information content (AvgIpc) is 2.38. The Bertz CT molecular complexity index is 296. The molecule has 2 unspecified atom stereocenters. The average molecular weight is 228 g/mol. The fraction of sp³-hybridized carbons (Fsp3) is 0.818. The van der Waals surface area contributed by atoms with Crippen molar-refractivity contribution in [2.24, 2.45) is 11.1 Å². The number of carbonyl (C=O) groups excluding carboxylic acids is 1. The normalized spacial score (nSPS) is 23.6. The topological polar surface area (TPSA) is 83.6 Å². The Morgan fingerprint density at radius 1 is 1.62 bits per heavy atom. The smallest absolute Gasteiger partial charge is 0.305 e. The molecular formula is C11H20N2O3. The van der Waals surface area contributed by atoms with E-state index < -0.39 is 5.97 Å². The van der Waals surface area contributed by atoms with Gasteiger partial charge in [0.2, 0.25) is 5.91 Å². The highest BCUT2D eigenvalue weighted by Crippen LogP contribution is 2.30. The van der Waals surface area contributed by atoms with Gasteiger partial charge >= 0.3 is 5.97 Å². The number of carboxylic acid groups (broad SMARTS) is 1. The highest BCUT2D eigenvalue weighted by molar-refractivity contribution is 5.80. The summed E-state index contributed by atoms with van der Waals surface area (Å²) in [7, 11) is 0. The zero-order valence-electron chi connectivity index (χ0n) is 10.1. The predicted molar refractivity (Wildman–Crippen MR) is 59.8 cm³/mol. The summed E-state index contributed by atoms with van der Waals surface area (Å²) in [4.78, 5) is 24.2. The fourth-order valence-corrected chi connectivity index (χ4v) is 2.11. The summed E-state index contributed by atoms with van der Waals surface area (Å²) in [6, 6.07) is -0.447. The quantitative estimate of drug-likeness (QED) is 0.734. The van der Waals surface area contributed by atoms with E-state index >= 15 is 0 Å². The van der Waals surface area contributed by atoms with Crippen LogP contribution < -0.4 is 5.73 Å². The zero-order chi connectivity index (χ0) is 12.5. The number of aliphatic carboxylic acids is 1. The number of nitrogens with zero attached hydrogens (tertiary/aromatic N) is 1. The van der Waals surface area contributed by atoms with Crippen molar-refractivity contribution in [2.45, 2.75) is 45.7 Å². The Morgan fingerprint density at radius 3 is 2.50 bits per heavy atom. The minimum absolute atomic E-state index is 0.0258. The Morgan fingerprint density at radius 2 is 2.19 bits per heavy atom. The molecule has 0 bridgehead atoms. The molecule has 5 heteroatoms. The molecule has 0 aromatic carbocycles. The number of hydrogen-bond acceptors (Lipinski definition) is 3. The second-order valence-electron chi connectivity index (χ2n) is 5.49. The number of carboxylic acids is 1. The summed E-state index contributed by atoms with van der Waals surface area (Å²) in [5.74, 6) is -0.915. The van der Waals surface area contributed by atoms with Gasteiger partial charge in [-0.3, -0.25) is 9.59 Å². The second-order valence-corrected chi connectivity index (χ2v) is 5.49. The van der Waals surface area contributed by atoms with Crippen molar-refractivity contribution in [3.63, 3.8) is 0 Å². The standard InChI is InChI=1S/C11H20N2O3/c1-11(2,3)8(5-10(15)16)13-6-7(12)4-9(13)14/h7-8H,4-6,12H2,1-3H3,(H,15,16). The van der Waals surface area contributed by atoms with E-state index in [1.807, 2.05) is 20.8 Å². The predicted octanol–water partition coefficient (Wildman–Crippen LogP) is 0.435. The van der Waals surface area contributed by atoms with E-state index in [4.69, 9.17) is 10.8 Å². The molecule has 0 aliphatic carbocycles. The summed E-state index contributed by atoms with van der Waals surface area (Å²) in [5.41, 5.74) is 5.47. The van der Waals surface area contributed by atoms with Crippen molar-refractivity contribution in [1.29, 1.82) is 0 Å². The van der Waals surface area contributed by atoms with E-state index in [1.165, 1.54) is 0 Å². The van der Waals surface area contributed by atoms with Crippen LogP contribution in [0, 0.1) is 5.41 Å². The van der Waals surface area contributed by atoms with Gasteiger partial charge in [-0.15, -0.1) is 0 Å². The van der Waals surface area contributed by atoms with Gasteiger partial charge in [-0.25, -0.2) is 0 Å². The van der Waals surface area contributed by atoms with Crippen molar-refractivity contribution in [3.8, 4) is 0 Å². The van der Waals surface area contributed by atoms with Crippen molar-refractivity contribution < 1.29 is 14.7 Å². The van der Waals surface area contributed by atoms with Gasteiger partial charge < -0.3 is 15.7 Å². The molecule has 2 atom stereocenters. The van der Waals surface area contributed by atoms with Crippen LogP contribution in [-0.4, -0.2) is 40.5 Å². The highest BCUT2D eigenvalue weighted by Gasteiger charge is 2.39. The van der Waals surface area contributed by atoms with Gasteiger partial charge in [-0.2, -0.15) is 0 Å². The summed E-state index contributed by atoms with van der Waals surface area (Å²) >= 11 is 0. The molecule has 92 valence electrons. The lowest BCUT2D eigenvalue weighted by molar-refractivity contribution is -0.141. The fourth-order valence-electron chi connectivity index (χ4n) is 2.11. The van der Waals surface area contributed by atoms with Crippen molar-refractivity contribution in [1.82, 2.24) is 4.90 Å². The van der Waals surface area contributed by atoms with Gasteiger partial charge in [0, 0.05) is 25.0 Å². The molecular weight excluding hydrogens is 208 g/mol. The summed E-state index contributed by atoms with van der Waals surface area (Å²) < 4.78 is 0. The molecule has 16 heavy (non-hydrogen) atoms. The van der Waals surface area contributed by atoms with Crippen molar-refractivity contribution >= 4 is 11.9 Å². The monoisotopic (exact) mass is 228 g/mol. The summed E-state index contributed by atoms with van der Waals surface area (Å²) in [5, 5.41) is 8.89. The molecule has 0 spiro atoms. The van der Waals surface area contributed by atoms with Crippen LogP contribution in [0.3, 0.4) is 0 Å². The van der Waals surface area contributed by atoms with Crippen molar-refractivity contribution in [2.75, 3.05) is 6.54 Å². The van der Waals surface area contributed by atoms with Crippen LogP contribution in [-0.2, 0) is 9.59 Å². The van der Waals surface area contributed by atoms with Crippen molar-refractivity contribution in [3.05, 3.63) is 0 Å². The van der Waals surface area contributed by atoms with Gasteiger partial charge in [-0.1, -0.05) is 20.8 Å². The first-order valence-electron chi connectivity index (χ1n) is 5.48. The third-order valence-corrected chi connectivity index (χ3v) is 2.93. The maximum absolute atomic E-state index is 11.7. The number of carbonyl (C=O) groups is 2. The van der Waals surface area contributed by atoms with Crippen LogP contribution in [0.25, 0.3) is 0 Å². The van der Waals surface area contributed by atoms with Crippen LogP contribution in [0.15, 0.2) is 0 Å². The first kappa shape index (κ1) is 13.0. The first-order valence-corrected chi connectivity index (χ1v) is 5.48. The highest BCUT2D eigenvalue weighted by atomic mass is 16.4. The number of hydrogen-bond donors (Lipinski definition) is 2. The van der Waals surface area contributed by atoms with E-state index in [0.29, 0.717) is 13.0 Å². The van der Waals surface area contributed by atoms with Gasteiger partial charge in [0.1, 0.15) is 0 Å². The molecule has 0 aromatic heterocycles. The summed E-state index contributed by atoms with van der Waals surface area (Å²) in [6.07, 6.45) is 0.300. The van der Waals surface area contributed by atoms with E-state index in [2.05, 4.69) is 0 Å². The van der Waals surface area contributed by atoms with E-state index in [1.54, 1.807) is 4.90 Å². The lowest BCUT2D eigenvalue weighted by Crippen LogP contribution is -2.46. The lowest BCUT2D eigenvalue weighted by Gasteiger charge is -2.37. The maximum atomic E-state index is 11.7. The van der Waals surface area contributed by atoms with Gasteiger partial charge in [0.25, 0.3) is 0 Å². The second kappa shape index (κ2) is 4.41. The maximum Gasteiger partial charge on any atom is 0.305 e. The number of likely N-dealkylation sites (tertiary alicyclic amines) is 1. The van der Waals surface area contributed by atoms with Crippen LogP contribution in [0.1, 0.15) is 33.6 Å².